The minimum absolute atomic E-state index is 0.137. The predicted molar refractivity (Wildman–Crippen MR) is 72.3 cm³/mol. The number of Topliss-reactive ketones (excluding diaryl/α,β-unsaturated/α-hetero) is 1. The van der Waals surface area contributed by atoms with Crippen molar-refractivity contribution in [2.45, 2.75) is 6.18 Å². The number of ketones is 1. The molecule has 0 saturated carbocycles. The third kappa shape index (κ3) is 3.16. The molecular formula is C13H10ClF3N2O3. The summed E-state index contributed by atoms with van der Waals surface area (Å²) in [6.45, 7) is -0.736. The number of halogens is 4. The standard InChI is InChI=1S/C13H10ClF3N2O3/c1-19-12(21)10(11(18-19)13(15,16)17)8(20)6-22-9-5-3-2-4-7(9)14/h2-5,18H,6H2,1H3. The first-order valence-corrected chi connectivity index (χ1v) is 6.36. The molecule has 0 spiro atoms. The Hall–Kier alpha value is -2.22. The molecule has 0 aliphatic rings. The number of para-hydroxylation sites is 1. The predicted octanol–water partition coefficient (Wildman–Crippen LogP) is 2.65. The average Bonchev–Trinajstić information content (AvgIpc) is 2.74. The van der Waals surface area contributed by atoms with Crippen LogP contribution in [0.1, 0.15) is 16.1 Å². The zero-order valence-corrected chi connectivity index (χ0v) is 12.0. The highest BCUT2D eigenvalue weighted by Gasteiger charge is 2.39. The SMILES string of the molecule is Cn1[nH]c(C(F)(F)F)c(C(=O)COc2ccccc2Cl)c1=O. The van der Waals surface area contributed by atoms with E-state index in [2.05, 4.69) is 0 Å². The monoisotopic (exact) mass is 334 g/mol. The lowest BCUT2D eigenvalue weighted by molar-refractivity contribution is -0.141. The van der Waals surface area contributed by atoms with Crippen LogP contribution in [-0.4, -0.2) is 22.2 Å². The summed E-state index contributed by atoms with van der Waals surface area (Å²) < 4.78 is 44.2. The number of aromatic amines is 1. The van der Waals surface area contributed by atoms with Gasteiger partial charge in [0.1, 0.15) is 11.3 Å². The second kappa shape index (κ2) is 5.88. The summed E-state index contributed by atoms with van der Waals surface area (Å²) in [5.41, 5.74) is -3.45. The van der Waals surface area contributed by atoms with Crippen LogP contribution < -0.4 is 10.3 Å². The van der Waals surface area contributed by atoms with Crippen LogP contribution >= 0.6 is 11.6 Å². The Kier molecular flexibility index (Phi) is 4.32. The quantitative estimate of drug-likeness (QED) is 0.874. The van der Waals surface area contributed by atoms with Gasteiger partial charge >= 0.3 is 6.18 Å². The van der Waals surface area contributed by atoms with Crippen molar-refractivity contribution in [2.75, 3.05) is 6.61 Å². The molecule has 2 aromatic rings. The minimum atomic E-state index is -4.85. The van der Waals surface area contributed by atoms with E-state index in [9.17, 15) is 22.8 Å². The highest BCUT2D eigenvalue weighted by Crippen LogP contribution is 2.29. The number of benzene rings is 1. The molecule has 1 aromatic carbocycles. The normalized spacial score (nSPS) is 11.5. The maximum atomic E-state index is 12.8. The Bertz CT molecular complexity index is 765. The highest BCUT2D eigenvalue weighted by molar-refractivity contribution is 6.32. The molecule has 22 heavy (non-hydrogen) atoms. The molecule has 1 N–H and O–H groups in total. The lowest BCUT2D eigenvalue weighted by atomic mass is 10.1. The zero-order valence-electron chi connectivity index (χ0n) is 11.2. The van der Waals surface area contributed by atoms with E-state index in [0.29, 0.717) is 4.68 Å². The molecule has 118 valence electrons. The molecule has 0 unspecified atom stereocenters. The molecule has 0 atom stereocenters. The summed E-state index contributed by atoms with van der Waals surface area (Å²) >= 11 is 5.80. The van der Waals surface area contributed by atoms with E-state index >= 15 is 0 Å². The van der Waals surface area contributed by atoms with Gasteiger partial charge in [-0.25, -0.2) is 0 Å². The van der Waals surface area contributed by atoms with Crippen LogP contribution in [0.25, 0.3) is 0 Å². The first kappa shape index (κ1) is 16.2. The Labute approximate surface area is 127 Å². The number of aromatic nitrogens is 2. The van der Waals surface area contributed by atoms with Gasteiger partial charge in [0.2, 0.25) is 5.78 Å². The van der Waals surface area contributed by atoms with Crippen molar-refractivity contribution in [1.82, 2.24) is 9.78 Å². The molecule has 5 nitrogen and oxygen atoms in total. The topological polar surface area (TPSA) is 64.1 Å². The largest absolute Gasteiger partial charge is 0.484 e. The molecule has 1 aromatic heterocycles. The highest BCUT2D eigenvalue weighted by atomic mass is 35.5. The van der Waals surface area contributed by atoms with Gasteiger partial charge in [0.05, 0.1) is 5.02 Å². The van der Waals surface area contributed by atoms with Crippen LogP contribution in [-0.2, 0) is 13.2 Å². The maximum Gasteiger partial charge on any atom is 0.433 e. The van der Waals surface area contributed by atoms with Gasteiger partial charge < -0.3 is 4.74 Å². The van der Waals surface area contributed by atoms with E-state index in [4.69, 9.17) is 16.3 Å². The Morgan fingerprint density at radius 2 is 2.00 bits per heavy atom. The van der Waals surface area contributed by atoms with Crippen molar-refractivity contribution in [2.24, 2.45) is 7.05 Å². The number of ether oxygens (including phenoxy) is 1. The number of hydrogen-bond acceptors (Lipinski definition) is 3. The first-order valence-electron chi connectivity index (χ1n) is 5.98. The van der Waals surface area contributed by atoms with Crippen LogP contribution in [0.15, 0.2) is 29.1 Å². The van der Waals surface area contributed by atoms with Gasteiger partial charge in [0, 0.05) is 7.05 Å². The van der Waals surface area contributed by atoms with Crippen LogP contribution in [0, 0.1) is 0 Å². The van der Waals surface area contributed by atoms with Crippen molar-refractivity contribution in [3.63, 3.8) is 0 Å². The smallest absolute Gasteiger partial charge is 0.433 e. The molecule has 9 heteroatoms. The number of carbonyl (C=O) groups excluding carboxylic acids is 1. The summed E-state index contributed by atoms with van der Waals surface area (Å²) in [7, 11) is 1.09. The van der Waals surface area contributed by atoms with Crippen LogP contribution in [0.4, 0.5) is 13.2 Å². The van der Waals surface area contributed by atoms with E-state index in [1.54, 1.807) is 12.1 Å². The number of carbonyl (C=O) groups is 1. The third-order valence-electron chi connectivity index (χ3n) is 2.81. The fraction of sp³-hybridized carbons (Fsp3) is 0.231. The van der Waals surface area contributed by atoms with Gasteiger partial charge in [-0.15, -0.1) is 0 Å². The van der Waals surface area contributed by atoms with Gasteiger partial charge in [0.15, 0.2) is 12.3 Å². The van der Waals surface area contributed by atoms with Gasteiger partial charge in [-0.1, -0.05) is 23.7 Å². The second-order valence-electron chi connectivity index (χ2n) is 4.37. The third-order valence-corrected chi connectivity index (χ3v) is 3.12. The minimum Gasteiger partial charge on any atom is -0.484 e. The number of alkyl halides is 3. The summed E-state index contributed by atoms with van der Waals surface area (Å²) in [4.78, 5) is 23.6. The van der Waals surface area contributed by atoms with Crippen molar-refractivity contribution in [3.05, 3.63) is 50.9 Å². The second-order valence-corrected chi connectivity index (χ2v) is 4.77. The fourth-order valence-electron chi connectivity index (χ4n) is 1.79. The number of hydrogen-bond donors (Lipinski definition) is 1. The van der Waals surface area contributed by atoms with Gasteiger partial charge in [-0.3, -0.25) is 19.4 Å². The molecule has 0 amide bonds. The Morgan fingerprint density at radius 1 is 1.36 bits per heavy atom. The van der Waals surface area contributed by atoms with Crippen molar-refractivity contribution >= 4 is 17.4 Å². The van der Waals surface area contributed by atoms with Crippen molar-refractivity contribution in [1.29, 1.82) is 0 Å². The van der Waals surface area contributed by atoms with Gasteiger partial charge in [0.25, 0.3) is 5.56 Å². The molecule has 0 saturated heterocycles. The molecule has 0 aliphatic heterocycles. The van der Waals surface area contributed by atoms with E-state index in [0.717, 1.165) is 7.05 Å². The van der Waals surface area contributed by atoms with E-state index in [1.165, 1.54) is 12.1 Å². The lowest BCUT2D eigenvalue weighted by Crippen LogP contribution is -2.24. The summed E-state index contributed by atoms with van der Waals surface area (Å²) in [6.07, 6.45) is -4.85. The molecular weight excluding hydrogens is 325 g/mol. The average molecular weight is 335 g/mol. The first-order chi connectivity index (χ1) is 10.2. The molecule has 0 bridgehead atoms. The molecule has 1 heterocycles. The molecule has 0 radical (unpaired) electrons. The number of nitrogens with one attached hydrogen (secondary N) is 1. The molecule has 0 fully saturated rings. The lowest BCUT2D eigenvalue weighted by Gasteiger charge is -2.08. The molecule has 0 aliphatic carbocycles. The molecule has 2 rings (SSSR count). The summed E-state index contributed by atoms with van der Waals surface area (Å²) in [6, 6.07) is 6.16. The van der Waals surface area contributed by atoms with Crippen molar-refractivity contribution in [3.8, 4) is 5.75 Å². The summed E-state index contributed by atoms with van der Waals surface area (Å²) in [5.74, 6) is -0.951. The fourth-order valence-corrected chi connectivity index (χ4v) is 1.98. The van der Waals surface area contributed by atoms with E-state index < -0.39 is 35.4 Å². The van der Waals surface area contributed by atoms with Gasteiger partial charge in [-0.2, -0.15) is 13.2 Å². The number of aryl methyl sites for hydroxylation is 1. The summed E-state index contributed by atoms with van der Waals surface area (Å²) in [5, 5.41) is 2.02. The van der Waals surface area contributed by atoms with E-state index in [-0.39, 0.29) is 10.8 Å². The maximum absolute atomic E-state index is 12.8. The van der Waals surface area contributed by atoms with Crippen LogP contribution in [0.2, 0.25) is 5.02 Å². The van der Waals surface area contributed by atoms with Gasteiger partial charge in [-0.05, 0) is 12.1 Å². The number of H-pyrrole nitrogens is 1. The van der Waals surface area contributed by atoms with E-state index in [1.807, 2.05) is 5.10 Å². The van der Waals surface area contributed by atoms with Crippen LogP contribution in [0.3, 0.4) is 0 Å². The Morgan fingerprint density at radius 3 is 2.59 bits per heavy atom. The number of rotatable bonds is 4. The van der Waals surface area contributed by atoms with Crippen LogP contribution in [0.5, 0.6) is 5.75 Å². The number of nitrogens with zero attached hydrogens (tertiary/aromatic N) is 1. The zero-order chi connectivity index (χ0) is 16.5. The van der Waals surface area contributed by atoms with Crippen molar-refractivity contribution < 1.29 is 22.7 Å². The Balaban J connectivity index is 2.27.